The molecule has 0 radical (unpaired) electrons. The molecular weight excluding hydrogens is 468 g/mol. The first-order valence-electron chi connectivity index (χ1n) is 9.28. The standard InChI is InChI=1S/C21H17ClF4N4O3/c1-32-28-11-13-8-15(6-7-27-13)33-14-3-5-19(18(23)10-14)30-20(31)29-12-2-4-17(22)16(9-12)21(24,25)26/h2-10,28H,11H2,1H3,(H2,29,30,31). The molecule has 0 spiro atoms. The maximum absolute atomic E-state index is 14.4. The Labute approximate surface area is 190 Å². The van der Waals surface area contributed by atoms with Crippen LogP contribution in [0.25, 0.3) is 0 Å². The number of aromatic nitrogens is 1. The van der Waals surface area contributed by atoms with Crippen molar-refractivity contribution >= 4 is 29.0 Å². The minimum Gasteiger partial charge on any atom is -0.457 e. The fraction of sp³-hybridized carbons (Fsp3) is 0.143. The lowest BCUT2D eigenvalue weighted by Crippen LogP contribution is -2.20. The third-order valence-corrected chi connectivity index (χ3v) is 4.47. The molecule has 0 fully saturated rings. The minimum absolute atomic E-state index is 0.155. The number of amides is 2. The summed E-state index contributed by atoms with van der Waals surface area (Å²) in [5.74, 6) is -0.258. The fourth-order valence-corrected chi connectivity index (χ4v) is 2.89. The summed E-state index contributed by atoms with van der Waals surface area (Å²) >= 11 is 5.55. The molecule has 0 saturated carbocycles. The zero-order valence-corrected chi connectivity index (χ0v) is 17.7. The Morgan fingerprint density at radius 2 is 1.82 bits per heavy atom. The summed E-state index contributed by atoms with van der Waals surface area (Å²) in [7, 11) is 1.47. The van der Waals surface area contributed by atoms with Crippen molar-refractivity contribution in [3.8, 4) is 11.5 Å². The highest BCUT2D eigenvalue weighted by Gasteiger charge is 2.33. The van der Waals surface area contributed by atoms with Crippen LogP contribution in [0.2, 0.25) is 5.02 Å². The van der Waals surface area contributed by atoms with Gasteiger partial charge in [0, 0.05) is 24.0 Å². The first kappa shape index (κ1) is 24.2. The number of ether oxygens (including phenoxy) is 1. The highest BCUT2D eigenvalue weighted by molar-refractivity contribution is 6.31. The third-order valence-electron chi connectivity index (χ3n) is 4.14. The van der Waals surface area contributed by atoms with E-state index in [1.165, 1.54) is 31.5 Å². The number of benzene rings is 2. The van der Waals surface area contributed by atoms with Crippen LogP contribution in [0.1, 0.15) is 11.3 Å². The van der Waals surface area contributed by atoms with E-state index in [4.69, 9.17) is 21.2 Å². The van der Waals surface area contributed by atoms with Crippen LogP contribution in [0.5, 0.6) is 11.5 Å². The van der Waals surface area contributed by atoms with Gasteiger partial charge in [-0.15, -0.1) is 0 Å². The SMILES string of the molecule is CONCc1cc(Oc2ccc(NC(=O)Nc3ccc(Cl)c(C(F)(F)F)c3)c(F)c2)ccn1. The van der Waals surface area contributed by atoms with Gasteiger partial charge in [0.1, 0.15) is 17.3 Å². The maximum Gasteiger partial charge on any atom is 0.417 e. The van der Waals surface area contributed by atoms with Gasteiger partial charge in [-0.2, -0.15) is 18.7 Å². The van der Waals surface area contributed by atoms with Gasteiger partial charge in [-0.25, -0.2) is 9.18 Å². The summed E-state index contributed by atoms with van der Waals surface area (Å²) in [5, 5.41) is 3.92. The largest absolute Gasteiger partial charge is 0.457 e. The van der Waals surface area contributed by atoms with Gasteiger partial charge in [-0.3, -0.25) is 4.98 Å². The Balaban J connectivity index is 1.65. The van der Waals surface area contributed by atoms with E-state index in [-0.39, 0.29) is 17.1 Å². The van der Waals surface area contributed by atoms with Gasteiger partial charge in [0.2, 0.25) is 0 Å². The number of pyridine rings is 1. The molecule has 0 aliphatic heterocycles. The average Bonchev–Trinajstić information content (AvgIpc) is 2.75. The molecule has 2 aromatic carbocycles. The van der Waals surface area contributed by atoms with Crippen molar-refractivity contribution in [3.05, 3.63) is 76.8 Å². The van der Waals surface area contributed by atoms with Crippen LogP contribution in [0.15, 0.2) is 54.7 Å². The van der Waals surface area contributed by atoms with Crippen LogP contribution < -0.4 is 20.9 Å². The van der Waals surface area contributed by atoms with E-state index in [9.17, 15) is 22.4 Å². The number of urea groups is 1. The lowest BCUT2D eigenvalue weighted by atomic mass is 10.2. The number of carbonyl (C=O) groups excluding carboxylic acids is 1. The van der Waals surface area contributed by atoms with Crippen LogP contribution in [0.3, 0.4) is 0 Å². The van der Waals surface area contributed by atoms with E-state index in [2.05, 4.69) is 21.1 Å². The molecule has 3 N–H and O–H groups in total. The average molecular weight is 485 g/mol. The summed E-state index contributed by atoms with van der Waals surface area (Å²) in [5.41, 5.74) is 1.79. The predicted molar refractivity (Wildman–Crippen MR) is 114 cm³/mol. The second kappa shape index (κ2) is 10.5. The van der Waals surface area contributed by atoms with Crippen LogP contribution in [-0.2, 0) is 17.6 Å². The molecule has 0 aliphatic rings. The summed E-state index contributed by atoms with van der Waals surface area (Å²) in [6, 6.07) is 8.85. The quantitative estimate of drug-likeness (QED) is 0.284. The van der Waals surface area contributed by atoms with E-state index in [0.29, 0.717) is 24.1 Å². The first-order chi connectivity index (χ1) is 15.7. The fourth-order valence-electron chi connectivity index (χ4n) is 2.66. The lowest BCUT2D eigenvalue weighted by Gasteiger charge is -2.13. The number of alkyl halides is 3. The zero-order valence-electron chi connectivity index (χ0n) is 17.0. The molecule has 174 valence electrons. The molecular formula is C21H17ClF4N4O3. The van der Waals surface area contributed by atoms with Gasteiger partial charge in [-0.05, 0) is 36.4 Å². The number of hydrogen-bond acceptors (Lipinski definition) is 5. The number of hydroxylamine groups is 1. The van der Waals surface area contributed by atoms with Crippen molar-refractivity contribution < 1.29 is 31.9 Å². The Morgan fingerprint density at radius 3 is 2.52 bits per heavy atom. The van der Waals surface area contributed by atoms with Gasteiger partial charge >= 0.3 is 12.2 Å². The summed E-state index contributed by atoms with van der Waals surface area (Å²) < 4.78 is 58.9. The first-order valence-corrected chi connectivity index (χ1v) is 9.66. The number of hydrogen-bond donors (Lipinski definition) is 3. The molecule has 0 bridgehead atoms. The van der Waals surface area contributed by atoms with Crippen molar-refractivity contribution in [2.75, 3.05) is 17.7 Å². The van der Waals surface area contributed by atoms with Crippen LogP contribution >= 0.6 is 11.6 Å². The molecule has 0 aliphatic carbocycles. The van der Waals surface area contributed by atoms with Crippen LogP contribution in [0.4, 0.5) is 33.7 Å². The molecule has 0 saturated heterocycles. The smallest absolute Gasteiger partial charge is 0.417 e. The van der Waals surface area contributed by atoms with Crippen molar-refractivity contribution in [2.45, 2.75) is 12.7 Å². The molecule has 1 aromatic heterocycles. The topological polar surface area (TPSA) is 84.5 Å². The van der Waals surface area contributed by atoms with Gasteiger partial charge < -0.3 is 20.2 Å². The highest BCUT2D eigenvalue weighted by Crippen LogP contribution is 2.36. The van der Waals surface area contributed by atoms with Gasteiger partial charge in [0.25, 0.3) is 0 Å². The predicted octanol–water partition coefficient (Wildman–Crippen LogP) is 5.98. The van der Waals surface area contributed by atoms with Crippen molar-refractivity contribution in [1.82, 2.24) is 10.5 Å². The van der Waals surface area contributed by atoms with Crippen LogP contribution in [-0.4, -0.2) is 18.1 Å². The Kier molecular flexibility index (Phi) is 7.69. The van der Waals surface area contributed by atoms with E-state index < -0.39 is 28.6 Å². The normalized spacial score (nSPS) is 11.2. The van der Waals surface area contributed by atoms with Crippen LogP contribution in [0, 0.1) is 5.82 Å². The van der Waals surface area contributed by atoms with Crippen molar-refractivity contribution in [1.29, 1.82) is 0 Å². The summed E-state index contributed by atoms with van der Waals surface area (Å²) in [6.45, 7) is 0.331. The summed E-state index contributed by atoms with van der Waals surface area (Å²) in [6.07, 6.45) is -3.18. The number of carbonyl (C=O) groups is 1. The maximum atomic E-state index is 14.4. The Morgan fingerprint density at radius 1 is 1.06 bits per heavy atom. The Bertz CT molecular complexity index is 1140. The summed E-state index contributed by atoms with van der Waals surface area (Å²) in [4.78, 5) is 21.0. The second-order valence-corrected chi connectivity index (χ2v) is 6.93. The number of rotatable bonds is 7. The van der Waals surface area contributed by atoms with E-state index in [1.54, 1.807) is 12.1 Å². The zero-order chi connectivity index (χ0) is 24.0. The molecule has 7 nitrogen and oxygen atoms in total. The molecule has 3 rings (SSSR count). The minimum atomic E-state index is -4.69. The number of nitrogens with one attached hydrogen (secondary N) is 3. The molecule has 12 heteroatoms. The molecule has 2 amide bonds. The number of anilines is 2. The number of nitrogens with zero attached hydrogens (tertiary/aromatic N) is 1. The Hall–Kier alpha value is -3.41. The lowest BCUT2D eigenvalue weighted by molar-refractivity contribution is -0.137. The van der Waals surface area contributed by atoms with Crippen molar-refractivity contribution in [2.24, 2.45) is 0 Å². The third kappa shape index (κ3) is 6.78. The van der Waals surface area contributed by atoms with Crippen molar-refractivity contribution in [3.63, 3.8) is 0 Å². The highest BCUT2D eigenvalue weighted by atomic mass is 35.5. The van der Waals surface area contributed by atoms with Gasteiger partial charge in [-0.1, -0.05) is 11.6 Å². The van der Waals surface area contributed by atoms with E-state index >= 15 is 0 Å². The van der Waals surface area contributed by atoms with Gasteiger partial charge in [0.15, 0.2) is 0 Å². The number of halogens is 5. The molecule has 0 atom stereocenters. The molecule has 0 unspecified atom stereocenters. The molecule has 1 heterocycles. The molecule has 33 heavy (non-hydrogen) atoms. The van der Waals surface area contributed by atoms with E-state index in [1.807, 2.05) is 0 Å². The van der Waals surface area contributed by atoms with E-state index in [0.717, 1.165) is 12.1 Å². The second-order valence-electron chi connectivity index (χ2n) is 6.52. The molecule has 3 aromatic rings. The van der Waals surface area contributed by atoms with Gasteiger partial charge in [0.05, 0.1) is 35.6 Å². The monoisotopic (exact) mass is 484 g/mol.